The van der Waals surface area contributed by atoms with Gasteiger partial charge in [0, 0.05) is 39.3 Å². The SMILES string of the molecule is CCNC(=NCc1cccc(OCCN2CCOCC2)c1)NCCNC(=O)OC(C)(C)C. The molecule has 0 spiro atoms. The molecule has 0 bridgehead atoms. The second-order valence-electron chi connectivity index (χ2n) is 8.50. The van der Waals surface area contributed by atoms with Gasteiger partial charge in [0.1, 0.15) is 18.0 Å². The molecule has 1 aliphatic heterocycles. The van der Waals surface area contributed by atoms with Crippen LogP contribution in [0.2, 0.25) is 0 Å². The van der Waals surface area contributed by atoms with E-state index in [-0.39, 0.29) is 0 Å². The van der Waals surface area contributed by atoms with E-state index in [9.17, 15) is 4.79 Å². The van der Waals surface area contributed by atoms with Crippen molar-refractivity contribution in [3.8, 4) is 5.75 Å². The molecule has 1 fully saturated rings. The Morgan fingerprint density at radius 2 is 1.91 bits per heavy atom. The quantitative estimate of drug-likeness (QED) is 0.286. The Morgan fingerprint density at radius 3 is 2.62 bits per heavy atom. The molecule has 1 heterocycles. The Morgan fingerprint density at radius 1 is 1.16 bits per heavy atom. The zero-order chi connectivity index (χ0) is 23.2. The maximum absolute atomic E-state index is 11.7. The Labute approximate surface area is 191 Å². The van der Waals surface area contributed by atoms with E-state index in [0.717, 1.165) is 50.7 Å². The van der Waals surface area contributed by atoms with E-state index in [4.69, 9.17) is 14.2 Å². The number of guanidine groups is 1. The van der Waals surface area contributed by atoms with Gasteiger partial charge in [-0.2, -0.15) is 0 Å². The predicted molar refractivity (Wildman–Crippen MR) is 126 cm³/mol. The van der Waals surface area contributed by atoms with Crippen LogP contribution < -0.4 is 20.7 Å². The number of morpholine rings is 1. The largest absolute Gasteiger partial charge is 0.492 e. The van der Waals surface area contributed by atoms with Crippen LogP contribution in [-0.4, -0.2) is 81.6 Å². The van der Waals surface area contributed by atoms with Gasteiger partial charge in [-0.25, -0.2) is 9.79 Å². The van der Waals surface area contributed by atoms with Gasteiger partial charge < -0.3 is 30.2 Å². The number of aliphatic imine (C=N–C) groups is 1. The highest BCUT2D eigenvalue weighted by Gasteiger charge is 2.15. The molecule has 1 aliphatic rings. The van der Waals surface area contributed by atoms with Crippen molar-refractivity contribution in [3.05, 3.63) is 29.8 Å². The first-order chi connectivity index (χ1) is 15.4. The topological polar surface area (TPSA) is 96.5 Å². The monoisotopic (exact) mass is 449 g/mol. The summed E-state index contributed by atoms with van der Waals surface area (Å²) in [6.45, 7) is 14.8. The van der Waals surface area contributed by atoms with Gasteiger partial charge in [-0.05, 0) is 45.4 Å². The molecule has 32 heavy (non-hydrogen) atoms. The molecule has 1 amide bonds. The molecule has 0 unspecified atom stereocenters. The second kappa shape index (κ2) is 13.8. The number of alkyl carbamates (subject to hydrolysis) is 1. The highest BCUT2D eigenvalue weighted by Crippen LogP contribution is 2.14. The summed E-state index contributed by atoms with van der Waals surface area (Å²) in [7, 11) is 0. The molecule has 0 aliphatic carbocycles. The average Bonchev–Trinajstić information content (AvgIpc) is 2.75. The van der Waals surface area contributed by atoms with E-state index in [1.54, 1.807) is 0 Å². The van der Waals surface area contributed by atoms with Gasteiger partial charge in [0.2, 0.25) is 0 Å². The smallest absolute Gasteiger partial charge is 0.407 e. The van der Waals surface area contributed by atoms with E-state index >= 15 is 0 Å². The Bertz CT molecular complexity index is 715. The van der Waals surface area contributed by atoms with Crippen LogP contribution in [0.1, 0.15) is 33.3 Å². The maximum Gasteiger partial charge on any atom is 0.407 e. The van der Waals surface area contributed by atoms with Crippen LogP contribution >= 0.6 is 0 Å². The highest BCUT2D eigenvalue weighted by atomic mass is 16.6. The summed E-state index contributed by atoms with van der Waals surface area (Å²) in [6.07, 6.45) is -0.424. The van der Waals surface area contributed by atoms with Crippen LogP contribution in [0.25, 0.3) is 0 Å². The van der Waals surface area contributed by atoms with Crippen molar-refractivity contribution in [1.29, 1.82) is 0 Å². The molecular formula is C23H39N5O4. The fraction of sp³-hybridized carbons (Fsp3) is 0.652. The number of nitrogens with zero attached hydrogens (tertiary/aromatic N) is 2. The fourth-order valence-electron chi connectivity index (χ4n) is 3.02. The second-order valence-corrected chi connectivity index (χ2v) is 8.50. The van der Waals surface area contributed by atoms with Gasteiger partial charge in [0.05, 0.1) is 19.8 Å². The number of rotatable bonds is 10. The lowest BCUT2D eigenvalue weighted by atomic mass is 10.2. The van der Waals surface area contributed by atoms with Crippen LogP contribution in [0.3, 0.4) is 0 Å². The minimum Gasteiger partial charge on any atom is -0.492 e. The first kappa shape index (κ1) is 25.7. The molecule has 180 valence electrons. The standard InChI is InChI=1S/C23H39N5O4/c1-5-24-21(25-9-10-26-22(29)32-23(2,3)4)27-18-19-7-6-8-20(17-19)31-16-13-28-11-14-30-15-12-28/h6-8,17H,5,9-16,18H2,1-4H3,(H,26,29)(H2,24,25,27). The molecule has 2 rings (SSSR count). The number of ether oxygens (including phenoxy) is 3. The number of nitrogens with one attached hydrogen (secondary N) is 3. The molecule has 0 atom stereocenters. The fourth-order valence-corrected chi connectivity index (χ4v) is 3.02. The summed E-state index contributed by atoms with van der Waals surface area (Å²) in [4.78, 5) is 18.7. The number of carbonyl (C=O) groups is 1. The van der Waals surface area contributed by atoms with Gasteiger partial charge >= 0.3 is 6.09 Å². The highest BCUT2D eigenvalue weighted by molar-refractivity contribution is 5.79. The van der Waals surface area contributed by atoms with E-state index in [1.807, 2.05) is 52.0 Å². The predicted octanol–water partition coefficient (Wildman–Crippen LogP) is 1.98. The Hall–Kier alpha value is -2.52. The molecule has 1 aromatic rings. The summed E-state index contributed by atoms with van der Waals surface area (Å²) >= 11 is 0. The number of hydrogen-bond acceptors (Lipinski definition) is 6. The molecule has 1 saturated heterocycles. The number of amides is 1. The van der Waals surface area contributed by atoms with Crippen molar-refractivity contribution >= 4 is 12.1 Å². The third-order valence-corrected chi connectivity index (χ3v) is 4.53. The lowest BCUT2D eigenvalue weighted by molar-refractivity contribution is 0.0322. The van der Waals surface area contributed by atoms with Gasteiger partial charge in [-0.3, -0.25) is 4.90 Å². The average molecular weight is 450 g/mol. The Kier molecular flexibility index (Phi) is 11.1. The number of carbonyl (C=O) groups excluding carboxylic acids is 1. The molecule has 9 nitrogen and oxygen atoms in total. The summed E-state index contributed by atoms with van der Waals surface area (Å²) in [6, 6.07) is 8.01. The lowest BCUT2D eigenvalue weighted by Crippen LogP contribution is -2.42. The van der Waals surface area contributed by atoms with Gasteiger partial charge in [-0.15, -0.1) is 0 Å². The first-order valence-electron chi connectivity index (χ1n) is 11.4. The van der Waals surface area contributed by atoms with E-state index in [0.29, 0.717) is 32.2 Å². The molecular weight excluding hydrogens is 410 g/mol. The summed E-state index contributed by atoms with van der Waals surface area (Å²) < 4.78 is 16.5. The third kappa shape index (κ3) is 11.2. The first-order valence-corrected chi connectivity index (χ1v) is 11.4. The van der Waals surface area contributed by atoms with Crippen molar-refractivity contribution in [3.63, 3.8) is 0 Å². The van der Waals surface area contributed by atoms with E-state index < -0.39 is 11.7 Å². The maximum atomic E-state index is 11.7. The zero-order valence-electron chi connectivity index (χ0n) is 19.9. The van der Waals surface area contributed by atoms with Crippen molar-refractivity contribution in [2.24, 2.45) is 4.99 Å². The van der Waals surface area contributed by atoms with Crippen molar-refractivity contribution < 1.29 is 19.0 Å². The molecule has 1 aromatic carbocycles. The summed E-state index contributed by atoms with van der Waals surface area (Å²) in [5.74, 6) is 1.54. The van der Waals surface area contributed by atoms with Gasteiger partial charge in [0.15, 0.2) is 5.96 Å². The van der Waals surface area contributed by atoms with Crippen LogP contribution in [0.4, 0.5) is 4.79 Å². The van der Waals surface area contributed by atoms with Crippen molar-refractivity contribution in [2.45, 2.75) is 39.8 Å². The van der Waals surface area contributed by atoms with E-state index in [1.165, 1.54) is 0 Å². The molecule has 3 N–H and O–H groups in total. The number of hydrogen-bond donors (Lipinski definition) is 3. The van der Waals surface area contributed by atoms with E-state index in [2.05, 4.69) is 25.8 Å². The number of benzene rings is 1. The summed E-state index contributed by atoms with van der Waals surface area (Å²) in [5, 5.41) is 9.16. The van der Waals surface area contributed by atoms with Crippen LogP contribution in [0.5, 0.6) is 5.75 Å². The van der Waals surface area contributed by atoms with Crippen LogP contribution in [0.15, 0.2) is 29.3 Å². The molecule has 0 radical (unpaired) electrons. The van der Waals surface area contributed by atoms with Gasteiger partial charge in [-0.1, -0.05) is 12.1 Å². The molecule has 9 heteroatoms. The minimum atomic E-state index is -0.505. The summed E-state index contributed by atoms with van der Waals surface area (Å²) in [5.41, 5.74) is 0.562. The lowest BCUT2D eigenvalue weighted by Gasteiger charge is -2.26. The third-order valence-electron chi connectivity index (χ3n) is 4.53. The minimum absolute atomic E-state index is 0.424. The Balaban J connectivity index is 1.75. The van der Waals surface area contributed by atoms with Crippen molar-refractivity contribution in [1.82, 2.24) is 20.9 Å². The molecule has 0 saturated carbocycles. The normalized spacial score (nSPS) is 15.2. The van der Waals surface area contributed by atoms with Crippen LogP contribution in [0, 0.1) is 0 Å². The zero-order valence-corrected chi connectivity index (χ0v) is 19.9. The van der Waals surface area contributed by atoms with Crippen molar-refractivity contribution in [2.75, 3.05) is 59.1 Å². The van der Waals surface area contributed by atoms with Gasteiger partial charge in [0.25, 0.3) is 0 Å². The van der Waals surface area contributed by atoms with Crippen LogP contribution in [-0.2, 0) is 16.0 Å². The molecule has 0 aromatic heterocycles.